The maximum atomic E-state index is 12.7. The van der Waals surface area contributed by atoms with Gasteiger partial charge in [-0.15, -0.1) is 24.0 Å². The molecular formula is C16H25F3IN3O2S. The number of guanidine groups is 1. The average Bonchev–Trinajstić information content (AvgIpc) is 2.49. The van der Waals surface area contributed by atoms with Gasteiger partial charge in [0.15, 0.2) is 15.8 Å². The summed E-state index contributed by atoms with van der Waals surface area (Å²) >= 11 is 0. The van der Waals surface area contributed by atoms with E-state index in [-0.39, 0.29) is 42.8 Å². The van der Waals surface area contributed by atoms with Gasteiger partial charge in [0.25, 0.3) is 0 Å². The van der Waals surface area contributed by atoms with E-state index in [1.54, 1.807) is 26.8 Å². The molecule has 0 aliphatic heterocycles. The Morgan fingerprint density at radius 2 is 1.77 bits per heavy atom. The lowest BCUT2D eigenvalue weighted by Crippen LogP contribution is -2.41. The molecule has 10 heteroatoms. The van der Waals surface area contributed by atoms with Crippen LogP contribution in [0.4, 0.5) is 13.2 Å². The Morgan fingerprint density at radius 1 is 1.15 bits per heavy atom. The summed E-state index contributed by atoms with van der Waals surface area (Å²) in [5.41, 5.74) is -0.272. The van der Waals surface area contributed by atoms with Gasteiger partial charge in [-0.3, -0.25) is 4.99 Å². The lowest BCUT2D eigenvalue weighted by Gasteiger charge is -2.20. The largest absolute Gasteiger partial charge is 0.416 e. The number of aliphatic imine (C=N–C) groups is 1. The normalized spacial score (nSPS) is 13.1. The monoisotopic (exact) mass is 507 g/mol. The Bertz CT molecular complexity index is 714. The first kappa shape index (κ1) is 25.0. The van der Waals surface area contributed by atoms with Crippen LogP contribution in [0.1, 0.15) is 31.9 Å². The molecule has 0 aliphatic rings. The van der Waals surface area contributed by atoms with Gasteiger partial charge in [-0.25, -0.2) is 8.42 Å². The molecule has 26 heavy (non-hydrogen) atoms. The molecule has 0 aromatic heterocycles. The molecule has 2 N–H and O–H groups in total. The molecule has 1 aromatic rings. The first-order chi connectivity index (χ1) is 11.4. The molecule has 0 saturated carbocycles. The molecule has 5 nitrogen and oxygen atoms in total. The molecule has 0 aliphatic carbocycles. The lowest BCUT2D eigenvalue weighted by molar-refractivity contribution is -0.137. The molecule has 150 valence electrons. The Labute approximate surface area is 169 Å². The van der Waals surface area contributed by atoms with E-state index in [4.69, 9.17) is 0 Å². The molecule has 0 spiro atoms. The number of rotatable bonds is 5. The van der Waals surface area contributed by atoms with Gasteiger partial charge in [0.1, 0.15) is 0 Å². The third kappa shape index (κ3) is 7.68. The van der Waals surface area contributed by atoms with Crippen LogP contribution in [0.25, 0.3) is 0 Å². The number of nitrogens with one attached hydrogen (secondary N) is 2. The Kier molecular flexibility index (Phi) is 9.38. The van der Waals surface area contributed by atoms with Gasteiger partial charge in [0.2, 0.25) is 0 Å². The summed E-state index contributed by atoms with van der Waals surface area (Å²) in [4.78, 5) is 3.93. The zero-order valence-corrected chi connectivity index (χ0v) is 18.3. The molecule has 0 heterocycles. The van der Waals surface area contributed by atoms with E-state index in [1.165, 1.54) is 13.1 Å². The second kappa shape index (κ2) is 9.77. The standard InChI is InChI=1S/C16H24F3N3O2S.HI/c1-15(2,3)25(23,24)9-8-21-14(20-4)22-11-12-6-5-7-13(10-12)16(17,18)19;/h5-7,10H,8-9,11H2,1-4H3,(H2,20,21,22);1H. The van der Waals surface area contributed by atoms with Crippen molar-refractivity contribution in [3.63, 3.8) is 0 Å². The molecule has 0 amide bonds. The first-order valence-corrected chi connectivity index (χ1v) is 9.35. The van der Waals surface area contributed by atoms with Crippen molar-refractivity contribution >= 4 is 39.8 Å². The molecule has 0 atom stereocenters. The van der Waals surface area contributed by atoms with Crippen molar-refractivity contribution in [2.24, 2.45) is 4.99 Å². The summed E-state index contributed by atoms with van der Waals surface area (Å²) < 4.78 is 61.3. The topological polar surface area (TPSA) is 70.6 Å². The van der Waals surface area contributed by atoms with Gasteiger partial charge in [-0.2, -0.15) is 13.2 Å². The SMILES string of the molecule is CN=C(NCCS(=O)(=O)C(C)(C)C)NCc1cccc(C(F)(F)F)c1.I. The molecule has 0 fully saturated rings. The quantitative estimate of drug-likeness (QED) is 0.365. The molecule has 1 aromatic carbocycles. The highest BCUT2D eigenvalue weighted by Crippen LogP contribution is 2.29. The zero-order chi connectivity index (χ0) is 19.3. The van der Waals surface area contributed by atoms with E-state index in [0.717, 1.165) is 12.1 Å². The number of halogens is 4. The van der Waals surface area contributed by atoms with Gasteiger partial charge in [-0.1, -0.05) is 12.1 Å². The van der Waals surface area contributed by atoms with Crippen molar-refractivity contribution in [1.82, 2.24) is 10.6 Å². The Hall–Kier alpha value is -1.04. The van der Waals surface area contributed by atoms with E-state index in [1.807, 2.05) is 0 Å². The fraction of sp³-hybridized carbons (Fsp3) is 0.562. The van der Waals surface area contributed by atoms with Crippen molar-refractivity contribution in [1.29, 1.82) is 0 Å². The van der Waals surface area contributed by atoms with Crippen molar-refractivity contribution in [3.05, 3.63) is 35.4 Å². The fourth-order valence-electron chi connectivity index (χ4n) is 1.87. The highest BCUT2D eigenvalue weighted by molar-refractivity contribution is 14.0. The highest BCUT2D eigenvalue weighted by Gasteiger charge is 2.30. The van der Waals surface area contributed by atoms with E-state index >= 15 is 0 Å². The number of nitrogens with zero attached hydrogens (tertiary/aromatic N) is 1. The lowest BCUT2D eigenvalue weighted by atomic mass is 10.1. The van der Waals surface area contributed by atoms with E-state index in [0.29, 0.717) is 11.5 Å². The summed E-state index contributed by atoms with van der Waals surface area (Å²) in [6.07, 6.45) is -4.39. The molecule has 0 unspecified atom stereocenters. The first-order valence-electron chi connectivity index (χ1n) is 7.70. The van der Waals surface area contributed by atoms with Crippen molar-refractivity contribution in [2.75, 3.05) is 19.3 Å². The van der Waals surface area contributed by atoms with Gasteiger partial charge in [0, 0.05) is 20.1 Å². The summed E-state index contributed by atoms with van der Waals surface area (Å²) in [6.45, 7) is 5.17. The number of alkyl halides is 3. The van der Waals surface area contributed by atoms with Gasteiger partial charge >= 0.3 is 6.18 Å². The minimum atomic E-state index is -4.39. The summed E-state index contributed by atoms with van der Waals surface area (Å²) in [7, 11) is -1.76. The summed E-state index contributed by atoms with van der Waals surface area (Å²) in [5.74, 6) is 0.252. The smallest absolute Gasteiger partial charge is 0.355 e. The van der Waals surface area contributed by atoms with Crippen LogP contribution in [0.2, 0.25) is 0 Å². The second-order valence-corrected chi connectivity index (χ2v) is 9.34. The summed E-state index contributed by atoms with van der Waals surface area (Å²) in [6, 6.07) is 4.98. The van der Waals surface area contributed by atoms with Crippen LogP contribution in [0, 0.1) is 0 Å². The van der Waals surface area contributed by atoms with E-state index in [9.17, 15) is 21.6 Å². The summed E-state index contributed by atoms with van der Waals surface area (Å²) in [5, 5.41) is 5.72. The maximum Gasteiger partial charge on any atom is 0.416 e. The van der Waals surface area contributed by atoms with Crippen LogP contribution in [0.5, 0.6) is 0 Å². The zero-order valence-electron chi connectivity index (χ0n) is 15.1. The molecule has 0 bridgehead atoms. The number of sulfone groups is 1. The number of hydrogen-bond acceptors (Lipinski definition) is 3. The van der Waals surface area contributed by atoms with Crippen molar-refractivity contribution < 1.29 is 21.6 Å². The Balaban J connectivity index is 0.00000625. The van der Waals surface area contributed by atoms with Gasteiger partial charge in [-0.05, 0) is 38.5 Å². The van der Waals surface area contributed by atoms with Crippen LogP contribution in [0.3, 0.4) is 0 Å². The van der Waals surface area contributed by atoms with Gasteiger partial charge in [0.05, 0.1) is 16.1 Å². The minimum absolute atomic E-state index is 0. The molecular weight excluding hydrogens is 482 g/mol. The molecule has 0 saturated heterocycles. The third-order valence-electron chi connectivity index (χ3n) is 3.53. The van der Waals surface area contributed by atoms with E-state index < -0.39 is 26.3 Å². The number of benzene rings is 1. The van der Waals surface area contributed by atoms with Crippen LogP contribution >= 0.6 is 24.0 Å². The predicted molar refractivity (Wildman–Crippen MR) is 109 cm³/mol. The Morgan fingerprint density at radius 3 is 2.27 bits per heavy atom. The maximum absolute atomic E-state index is 12.7. The van der Waals surface area contributed by atoms with Crippen LogP contribution in [0.15, 0.2) is 29.3 Å². The second-order valence-electron chi connectivity index (χ2n) is 6.48. The van der Waals surface area contributed by atoms with Crippen molar-refractivity contribution in [2.45, 2.75) is 38.2 Å². The van der Waals surface area contributed by atoms with Gasteiger partial charge < -0.3 is 10.6 Å². The van der Waals surface area contributed by atoms with Crippen molar-refractivity contribution in [3.8, 4) is 0 Å². The van der Waals surface area contributed by atoms with Crippen LogP contribution < -0.4 is 10.6 Å². The van der Waals surface area contributed by atoms with Crippen LogP contribution in [-0.2, 0) is 22.6 Å². The average molecular weight is 507 g/mol. The predicted octanol–water partition coefficient (Wildman–Crippen LogP) is 3.20. The van der Waals surface area contributed by atoms with Crippen LogP contribution in [-0.4, -0.2) is 38.5 Å². The molecule has 1 rings (SSSR count). The fourth-order valence-corrected chi connectivity index (χ4v) is 2.86. The number of hydrogen-bond donors (Lipinski definition) is 2. The minimum Gasteiger partial charge on any atom is -0.355 e. The third-order valence-corrected chi connectivity index (χ3v) is 6.14. The molecule has 0 radical (unpaired) electrons. The van der Waals surface area contributed by atoms with E-state index in [2.05, 4.69) is 15.6 Å². The highest BCUT2D eigenvalue weighted by atomic mass is 127.